The van der Waals surface area contributed by atoms with Crippen LogP contribution < -0.4 is 5.32 Å². The first-order valence-electron chi connectivity index (χ1n) is 7.99. The first kappa shape index (κ1) is 13.4. The minimum atomic E-state index is 0.814. The number of rotatable bonds is 3. The van der Waals surface area contributed by atoms with E-state index in [9.17, 15) is 0 Å². The van der Waals surface area contributed by atoms with Gasteiger partial charge in [0.25, 0.3) is 0 Å². The van der Waals surface area contributed by atoms with Gasteiger partial charge in [0.1, 0.15) is 0 Å². The SMILES string of the molecule is CC1CCC(NCC2CCCCCC2)C(C)C1. The molecule has 0 radical (unpaired) electrons. The largest absolute Gasteiger partial charge is 0.313 e. The Kier molecular flexibility index (Phi) is 5.34. The summed E-state index contributed by atoms with van der Waals surface area (Å²) in [5.41, 5.74) is 0. The van der Waals surface area contributed by atoms with Crippen molar-refractivity contribution in [2.24, 2.45) is 17.8 Å². The molecular formula is C16H31N. The van der Waals surface area contributed by atoms with E-state index in [4.69, 9.17) is 0 Å². The molecule has 2 aliphatic carbocycles. The van der Waals surface area contributed by atoms with Crippen molar-refractivity contribution in [3.8, 4) is 0 Å². The zero-order valence-corrected chi connectivity index (χ0v) is 11.9. The van der Waals surface area contributed by atoms with Crippen LogP contribution in [0.25, 0.3) is 0 Å². The van der Waals surface area contributed by atoms with Gasteiger partial charge in [-0.05, 0) is 56.4 Å². The summed E-state index contributed by atoms with van der Waals surface area (Å²) in [6, 6.07) is 0.814. The molecule has 100 valence electrons. The van der Waals surface area contributed by atoms with Crippen LogP contribution in [-0.4, -0.2) is 12.6 Å². The van der Waals surface area contributed by atoms with Crippen LogP contribution in [0.1, 0.15) is 71.6 Å². The summed E-state index contributed by atoms with van der Waals surface area (Å²) in [4.78, 5) is 0. The van der Waals surface area contributed by atoms with Crippen LogP contribution in [0.3, 0.4) is 0 Å². The van der Waals surface area contributed by atoms with Crippen molar-refractivity contribution >= 4 is 0 Å². The standard InChI is InChI=1S/C16H31N/c1-13-9-10-16(14(2)11-13)17-12-15-7-5-3-4-6-8-15/h13-17H,3-12H2,1-2H3. The fourth-order valence-corrected chi connectivity index (χ4v) is 3.85. The number of hydrogen-bond donors (Lipinski definition) is 1. The molecule has 3 unspecified atom stereocenters. The molecule has 3 atom stereocenters. The Morgan fingerprint density at radius 2 is 1.59 bits per heavy atom. The fourth-order valence-electron chi connectivity index (χ4n) is 3.85. The normalized spacial score (nSPS) is 36.7. The highest BCUT2D eigenvalue weighted by molar-refractivity contribution is 4.82. The van der Waals surface area contributed by atoms with Crippen molar-refractivity contribution < 1.29 is 0 Å². The molecule has 0 bridgehead atoms. The average molecular weight is 237 g/mol. The van der Waals surface area contributed by atoms with E-state index < -0.39 is 0 Å². The van der Waals surface area contributed by atoms with Gasteiger partial charge in [-0.1, -0.05) is 39.5 Å². The van der Waals surface area contributed by atoms with Gasteiger partial charge in [0, 0.05) is 6.04 Å². The molecular weight excluding hydrogens is 206 g/mol. The van der Waals surface area contributed by atoms with Crippen molar-refractivity contribution in [2.75, 3.05) is 6.54 Å². The molecule has 1 N–H and O–H groups in total. The van der Waals surface area contributed by atoms with Crippen molar-refractivity contribution in [1.82, 2.24) is 5.32 Å². The third-order valence-electron chi connectivity index (χ3n) is 5.07. The van der Waals surface area contributed by atoms with E-state index in [1.54, 1.807) is 0 Å². The minimum absolute atomic E-state index is 0.814. The second kappa shape index (κ2) is 6.78. The second-order valence-electron chi connectivity index (χ2n) is 6.77. The lowest BCUT2D eigenvalue weighted by Gasteiger charge is -2.34. The predicted molar refractivity (Wildman–Crippen MR) is 75.2 cm³/mol. The van der Waals surface area contributed by atoms with Gasteiger partial charge < -0.3 is 5.32 Å². The van der Waals surface area contributed by atoms with E-state index >= 15 is 0 Å². The maximum absolute atomic E-state index is 3.89. The van der Waals surface area contributed by atoms with Crippen molar-refractivity contribution in [3.05, 3.63) is 0 Å². The van der Waals surface area contributed by atoms with Crippen molar-refractivity contribution in [2.45, 2.75) is 77.7 Å². The zero-order valence-electron chi connectivity index (χ0n) is 11.9. The molecule has 1 heteroatoms. The van der Waals surface area contributed by atoms with Crippen LogP contribution in [0.15, 0.2) is 0 Å². The van der Waals surface area contributed by atoms with Gasteiger partial charge in [-0.2, -0.15) is 0 Å². The Morgan fingerprint density at radius 3 is 2.24 bits per heavy atom. The topological polar surface area (TPSA) is 12.0 Å². The number of nitrogens with one attached hydrogen (secondary N) is 1. The second-order valence-corrected chi connectivity index (χ2v) is 6.77. The summed E-state index contributed by atoms with van der Waals surface area (Å²) in [5.74, 6) is 2.83. The molecule has 2 saturated carbocycles. The van der Waals surface area contributed by atoms with Gasteiger partial charge in [-0.25, -0.2) is 0 Å². The summed E-state index contributed by atoms with van der Waals surface area (Å²) in [7, 11) is 0. The Bertz CT molecular complexity index is 206. The summed E-state index contributed by atoms with van der Waals surface area (Å²) in [6.07, 6.45) is 13.1. The number of hydrogen-bond acceptors (Lipinski definition) is 1. The van der Waals surface area contributed by atoms with Gasteiger partial charge in [0.15, 0.2) is 0 Å². The van der Waals surface area contributed by atoms with E-state index in [-0.39, 0.29) is 0 Å². The lowest BCUT2D eigenvalue weighted by Crippen LogP contribution is -2.41. The third-order valence-corrected chi connectivity index (χ3v) is 5.07. The molecule has 1 nitrogen and oxygen atoms in total. The van der Waals surface area contributed by atoms with Gasteiger partial charge in [-0.3, -0.25) is 0 Å². The van der Waals surface area contributed by atoms with Gasteiger partial charge in [0.05, 0.1) is 0 Å². The molecule has 2 fully saturated rings. The van der Waals surface area contributed by atoms with Crippen LogP contribution in [0.4, 0.5) is 0 Å². The van der Waals surface area contributed by atoms with E-state index in [1.165, 1.54) is 64.3 Å². The summed E-state index contributed by atoms with van der Waals surface area (Å²) >= 11 is 0. The van der Waals surface area contributed by atoms with E-state index in [0.717, 1.165) is 23.8 Å². The maximum atomic E-state index is 3.89. The smallest absolute Gasteiger partial charge is 0.00930 e. The first-order chi connectivity index (χ1) is 8.25. The highest BCUT2D eigenvalue weighted by Crippen LogP contribution is 2.29. The molecule has 0 aromatic heterocycles. The molecule has 0 aromatic rings. The zero-order chi connectivity index (χ0) is 12.1. The van der Waals surface area contributed by atoms with Crippen LogP contribution in [0.2, 0.25) is 0 Å². The summed E-state index contributed by atoms with van der Waals surface area (Å²) in [6.45, 7) is 6.15. The van der Waals surface area contributed by atoms with E-state index in [0.29, 0.717) is 0 Å². The van der Waals surface area contributed by atoms with Gasteiger partial charge >= 0.3 is 0 Å². The van der Waals surface area contributed by atoms with Crippen LogP contribution in [0.5, 0.6) is 0 Å². The van der Waals surface area contributed by atoms with Crippen LogP contribution >= 0.6 is 0 Å². The Labute approximate surface area is 108 Å². The van der Waals surface area contributed by atoms with Gasteiger partial charge in [-0.15, -0.1) is 0 Å². The highest BCUT2D eigenvalue weighted by Gasteiger charge is 2.25. The minimum Gasteiger partial charge on any atom is -0.313 e. The third kappa shape index (κ3) is 4.28. The monoisotopic (exact) mass is 237 g/mol. The van der Waals surface area contributed by atoms with Crippen molar-refractivity contribution in [3.63, 3.8) is 0 Å². The van der Waals surface area contributed by atoms with Crippen LogP contribution in [0, 0.1) is 17.8 Å². The van der Waals surface area contributed by atoms with Gasteiger partial charge in [0.2, 0.25) is 0 Å². The molecule has 2 aliphatic rings. The lowest BCUT2D eigenvalue weighted by molar-refractivity contribution is 0.218. The summed E-state index contributed by atoms with van der Waals surface area (Å²) < 4.78 is 0. The van der Waals surface area contributed by atoms with Crippen molar-refractivity contribution in [1.29, 1.82) is 0 Å². The predicted octanol–water partition coefficient (Wildman–Crippen LogP) is 4.37. The van der Waals surface area contributed by atoms with Crippen LogP contribution in [-0.2, 0) is 0 Å². The first-order valence-corrected chi connectivity index (χ1v) is 7.99. The Balaban J connectivity index is 1.69. The molecule has 0 amide bonds. The quantitative estimate of drug-likeness (QED) is 0.719. The lowest BCUT2D eigenvalue weighted by atomic mass is 9.79. The van der Waals surface area contributed by atoms with E-state index in [1.807, 2.05) is 0 Å². The average Bonchev–Trinajstić information content (AvgIpc) is 2.56. The Morgan fingerprint density at radius 1 is 0.882 bits per heavy atom. The maximum Gasteiger partial charge on any atom is 0.00930 e. The molecule has 0 aliphatic heterocycles. The molecule has 2 rings (SSSR count). The highest BCUT2D eigenvalue weighted by atomic mass is 14.9. The molecule has 0 saturated heterocycles. The Hall–Kier alpha value is -0.0400. The summed E-state index contributed by atoms with van der Waals surface area (Å²) in [5, 5.41) is 3.89. The fraction of sp³-hybridized carbons (Fsp3) is 1.00. The molecule has 0 heterocycles. The van der Waals surface area contributed by atoms with E-state index in [2.05, 4.69) is 19.2 Å². The molecule has 0 spiro atoms. The molecule has 0 aromatic carbocycles. The molecule has 17 heavy (non-hydrogen) atoms.